The van der Waals surface area contributed by atoms with Crippen LogP contribution in [0.1, 0.15) is 31.1 Å². The fraction of sp³-hybridized carbons (Fsp3) is 0.346. The molecule has 1 fully saturated rings. The predicted molar refractivity (Wildman–Crippen MR) is 135 cm³/mol. The topological polar surface area (TPSA) is 65.5 Å². The second-order valence-corrected chi connectivity index (χ2v) is 10.3. The summed E-state index contributed by atoms with van der Waals surface area (Å²) in [4.78, 5) is 34.7. The largest absolute Gasteiger partial charge is 0.368 e. The first-order chi connectivity index (χ1) is 15.8. The number of carbonyl (C=O) groups excluding carboxylic acids is 2. The molecule has 172 valence electrons. The Morgan fingerprint density at radius 2 is 1.67 bits per heavy atom. The fourth-order valence-corrected chi connectivity index (χ4v) is 4.79. The normalized spacial score (nSPS) is 14.4. The van der Waals surface area contributed by atoms with Crippen LogP contribution in [0.5, 0.6) is 0 Å². The summed E-state index contributed by atoms with van der Waals surface area (Å²) < 4.78 is 0. The van der Waals surface area contributed by atoms with Gasteiger partial charge in [0.2, 0.25) is 0 Å². The molecule has 2 heterocycles. The number of anilines is 1. The molecule has 1 saturated heterocycles. The molecule has 2 amide bonds. The third-order valence-electron chi connectivity index (χ3n) is 5.57. The highest BCUT2D eigenvalue weighted by Crippen LogP contribution is 2.27. The Morgan fingerprint density at radius 1 is 0.970 bits per heavy atom. The van der Waals surface area contributed by atoms with E-state index in [0.29, 0.717) is 24.4 Å². The smallest absolute Gasteiger partial charge is 0.317 e. The minimum atomic E-state index is -0.237. The zero-order valence-electron chi connectivity index (χ0n) is 19.4. The average molecular weight is 463 g/mol. The zero-order valence-corrected chi connectivity index (χ0v) is 20.2. The van der Waals surface area contributed by atoms with Crippen molar-refractivity contribution in [3.8, 4) is 0 Å². The van der Waals surface area contributed by atoms with Crippen molar-refractivity contribution in [1.29, 1.82) is 0 Å². The second kappa shape index (κ2) is 9.83. The van der Waals surface area contributed by atoms with Crippen LogP contribution in [0.3, 0.4) is 0 Å². The number of thioether (sulfide) groups is 1. The van der Waals surface area contributed by atoms with Crippen molar-refractivity contribution in [3.63, 3.8) is 0 Å². The molecule has 1 aliphatic heterocycles. The van der Waals surface area contributed by atoms with E-state index in [9.17, 15) is 9.59 Å². The Kier molecular flexibility index (Phi) is 6.88. The molecule has 0 bridgehead atoms. The molecular weight excluding hydrogens is 432 g/mol. The number of piperazine rings is 1. The maximum atomic E-state index is 12.8. The van der Waals surface area contributed by atoms with E-state index in [1.165, 1.54) is 0 Å². The molecule has 0 spiro atoms. The van der Waals surface area contributed by atoms with Crippen molar-refractivity contribution in [3.05, 3.63) is 66.4 Å². The number of rotatable bonds is 5. The number of nitrogens with zero attached hydrogens (tertiary/aromatic N) is 3. The third-order valence-corrected chi connectivity index (χ3v) is 6.64. The van der Waals surface area contributed by atoms with Crippen molar-refractivity contribution in [2.45, 2.75) is 31.2 Å². The van der Waals surface area contributed by atoms with E-state index >= 15 is 0 Å². The maximum absolute atomic E-state index is 12.8. The van der Waals surface area contributed by atoms with Gasteiger partial charge in [-0.25, -0.2) is 4.79 Å². The monoisotopic (exact) mass is 462 g/mol. The van der Waals surface area contributed by atoms with Gasteiger partial charge in [-0.1, -0.05) is 18.2 Å². The molecule has 0 unspecified atom stereocenters. The van der Waals surface area contributed by atoms with Gasteiger partial charge < -0.3 is 15.1 Å². The summed E-state index contributed by atoms with van der Waals surface area (Å²) in [5.74, 6) is 0.491. The molecule has 7 heteroatoms. The highest BCUT2D eigenvalue weighted by Gasteiger charge is 2.24. The number of hydrogen-bond acceptors (Lipinski definition) is 5. The van der Waals surface area contributed by atoms with Gasteiger partial charge in [-0.3, -0.25) is 9.78 Å². The number of benzene rings is 2. The van der Waals surface area contributed by atoms with E-state index < -0.39 is 0 Å². The molecular formula is C26H30N4O2S. The predicted octanol–water partition coefficient (Wildman–Crippen LogP) is 4.84. The van der Waals surface area contributed by atoms with Gasteiger partial charge in [0.1, 0.15) is 0 Å². The lowest BCUT2D eigenvalue weighted by Gasteiger charge is -2.37. The van der Waals surface area contributed by atoms with Crippen LogP contribution in [-0.4, -0.2) is 59.2 Å². The summed E-state index contributed by atoms with van der Waals surface area (Å²) >= 11 is 1.55. The lowest BCUT2D eigenvalue weighted by molar-refractivity contribution is 0.102. The molecule has 1 N–H and O–H groups in total. The molecule has 0 saturated carbocycles. The number of amides is 2. The average Bonchev–Trinajstić information content (AvgIpc) is 2.81. The number of urea groups is 1. The third kappa shape index (κ3) is 5.85. The highest BCUT2D eigenvalue weighted by atomic mass is 32.2. The van der Waals surface area contributed by atoms with Crippen molar-refractivity contribution in [1.82, 2.24) is 15.2 Å². The fourth-order valence-electron chi connectivity index (χ4n) is 3.85. The molecule has 0 atom stereocenters. The number of pyridine rings is 1. The van der Waals surface area contributed by atoms with Gasteiger partial charge in [0, 0.05) is 59.4 Å². The minimum absolute atomic E-state index is 0.0115. The van der Waals surface area contributed by atoms with E-state index in [4.69, 9.17) is 0 Å². The molecule has 33 heavy (non-hydrogen) atoms. The van der Waals surface area contributed by atoms with E-state index in [2.05, 4.69) is 15.2 Å². The molecule has 0 aliphatic carbocycles. The first-order valence-corrected chi connectivity index (χ1v) is 12.2. The van der Waals surface area contributed by atoms with E-state index in [1.807, 2.05) is 80.3 Å². The van der Waals surface area contributed by atoms with Crippen LogP contribution in [0.25, 0.3) is 10.9 Å². The number of nitrogens with one attached hydrogen (secondary N) is 1. The van der Waals surface area contributed by atoms with E-state index in [1.54, 1.807) is 18.0 Å². The van der Waals surface area contributed by atoms with E-state index in [0.717, 1.165) is 34.6 Å². The minimum Gasteiger partial charge on any atom is -0.368 e. The lowest BCUT2D eigenvalue weighted by atomic mass is 10.1. The van der Waals surface area contributed by atoms with Crippen LogP contribution in [0.4, 0.5) is 10.5 Å². The highest BCUT2D eigenvalue weighted by molar-refractivity contribution is 8.00. The van der Waals surface area contributed by atoms with Gasteiger partial charge in [-0.15, -0.1) is 11.8 Å². The molecule has 1 aromatic heterocycles. The zero-order chi connectivity index (χ0) is 23.4. The number of para-hydroxylation sites is 1. The number of aromatic nitrogens is 1. The summed E-state index contributed by atoms with van der Waals surface area (Å²) in [7, 11) is 0. The van der Waals surface area contributed by atoms with Gasteiger partial charge >= 0.3 is 6.03 Å². The lowest BCUT2D eigenvalue weighted by Crippen LogP contribution is -2.55. The molecule has 0 radical (unpaired) electrons. The quantitative estimate of drug-likeness (QED) is 0.434. The second-order valence-electron chi connectivity index (χ2n) is 9.24. The molecule has 4 rings (SSSR count). The molecule has 2 aromatic carbocycles. The van der Waals surface area contributed by atoms with Crippen molar-refractivity contribution in [2.24, 2.45) is 0 Å². The number of Topliss-reactive ketones (excluding diaryl/α,β-unsaturated/α-hetero) is 1. The van der Waals surface area contributed by atoms with Crippen molar-refractivity contribution < 1.29 is 9.59 Å². The van der Waals surface area contributed by atoms with Gasteiger partial charge in [-0.05, 0) is 57.2 Å². The summed E-state index contributed by atoms with van der Waals surface area (Å²) in [6.07, 6.45) is 1.79. The van der Waals surface area contributed by atoms with Crippen LogP contribution < -0.4 is 10.2 Å². The Bertz CT molecular complexity index is 1130. The summed E-state index contributed by atoms with van der Waals surface area (Å²) in [5.41, 5.74) is 2.50. The SMILES string of the molecule is CC(C)(C)NC(=O)N1CCN(c2ccc(C(=O)CSc3ccnc4ccccc34)cc2)CC1. The van der Waals surface area contributed by atoms with Crippen LogP contribution in [0.15, 0.2) is 65.7 Å². The van der Waals surface area contributed by atoms with Gasteiger partial charge in [0.25, 0.3) is 0 Å². The van der Waals surface area contributed by atoms with E-state index in [-0.39, 0.29) is 17.4 Å². The Labute approximate surface area is 199 Å². The van der Waals surface area contributed by atoms with Crippen molar-refractivity contribution >= 4 is 40.2 Å². The van der Waals surface area contributed by atoms with Crippen LogP contribution >= 0.6 is 11.8 Å². The van der Waals surface area contributed by atoms with Gasteiger partial charge in [0.15, 0.2) is 5.78 Å². The summed E-state index contributed by atoms with van der Waals surface area (Å²) in [6, 6.07) is 17.8. The van der Waals surface area contributed by atoms with Crippen LogP contribution in [0, 0.1) is 0 Å². The van der Waals surface area contributed by atoms with Gasteiger partial charge in [-0.2, -0.15) is 0 Å². The first-order valence-electron chi connectivity index (χ1n) is 11.2. The Balaban J connectivity index is 1.32. The number of hydrogen-bond donors (Lipinski definition) is 1. The van der Waals surface area contributed by atoms with Crippen LogP contribution in [0.2, 0.25) is 0 Å². The molecule has 3 aromatic rings. The van der Waals surface area contributed by atoms with Gasteiger partial charge in [0.05, 0.1) is 11.3 Å². The maximum Gasteiger partial charge on any atom is 0.317 e. The summed E-state index contributed by atoms with van der Waals surface area (Å²) in [6.45, 7) is 8.87. The number of ketones is 1. The molecule has 6 nitrogen and oxygen atoms in total. The standard InChI is InChI=1S/C26H30N4O2S/c1-26(2,3)28-25(32)30-16-14-29(15-17-30)20-10-8-19(9-11-20)23(31)18-33-24-12-13-27-22-7-5-4-6-21(22)24/h4-13H,14-18H2,1-3H3,(H,28,32). The van der Waals surface area contributed by atoms with Crippen LogP contribution in [-0.2, 0) is 0 Å². The molecule has 1 aliphatic rings. The summed E-state index contributed by atoms with van der Waals surface area (Å²) in [5, 5.41) is 4.10. The Hall–Kier alpha value is -3.06. The van der Waals surface area contributed by atoms with Crippen molar-refractivity contribution in [2.75, 3.05) is 36.8 Å². The number of carbonyl (C=O) groups is 2. The number of fused-ring (bicyclic) bond motifs is 1. The first kappa shape index (κ1) is 23.1. The Morgan fingerprint density at radius 3 is 2.36 bits per heavy atom.